The summed E-state index contributed by atoms with van der Waals surface area (Å²) in [6, 6.07) is 4.36. The predicted molar refractivity (Wildman–Crippen MR) is 102 cm³/mol. The first-order chi connectivity index (χ1) is 12.8. The minimum Gasteiger partial charge on any atom is -0.356 e. The van der Waals surface area contributed by atoms with E-state index in [4.69, 9.17) is 5.26 Å². The topological polar surface area (TPSA) is 115 Å². The fraction of sp³-hybridized carbons (Fsp3) is 0.611. The fourth-order valence-electron chi connectivity index (χ4n) is 4.22. The number of fused-ring (bicyclic) bond motifs is 1. The van der Waals surface area contributed by atoms with Crippen molar-refractivity contribution in [3.8, 4) is 6.07 Å². The molecule has 2 aromatic rings. The summed E-state index contributed by atoms with van der Waals surface area (Å²) in [7, 11) is -1.41. The summed E-state index contributed by atoms with van der Waals surface area (Å²) in [5.74, 6) is 0.729. The standard InChI is InChI=1S/C18H24N6O2S/c1-18(5-3-12(18)9-19)10-27(25,26)23-13-7-14(8-13)24(2)17-15-4-6-20-16(15)21-11-22-17/h4,6,11-14,23H,3,5,7-8,10H2,1-2H3,(H,20,21,22)/t12?,13-,14+,18-/m0/s1. The molecule has 2 atom stereocenters. The van der Waals surface area contributed by atoms with Crippen LogP contribution in [-0.4, -0.2) is 48.3 Å². The van der Waals surface area contributed by atoms with Crippen LogP contribution in [0.1, 0.15) is 32.6 Å². The second-order valence-electron chi connectivity index (χ2n) is 8.12. The number of H-pyrrole nitrogens is 1. The number of aromatic amines is 1. The molecule has 2 fully saturated rings. The Morgan fingerprint density at radius 3 is 2.89 bits per heavy atom. The van der Waals surface area contributed by atoms with Crippen molar-refractivity contribution in [2.75, 3.05) is 17.7 Å². The number of nitriles is 1. The molecule has 2 heterocycles. The largest absolute Gasteiger partial charge is 0.356 e. The van der Waals surface area contributed by atoms with Crippen LogP contribution in [0.5, 0.6) is 0 Å². The van der Waals surface area contributed by atoms with Crippen molar-refractivity contribution in [2.24, 2.45) is 11.3 Å². The van der Waals surface area contributed by atoms with Crippen LogP contribution in [0.15, 0.2) is 18.6 Å². The summed E-state index contributed by atoms with van der Waals surface area (Å²) >= 11 is 0. The SMILES string of the molecule is CN(c1ncnc2[nH]ccc12)[C@H]1C[C@@H](NS(=O)(=O)C[C@]2(C)CCC2C#N)C1. The molecule has 9 heteroatoms. The van der Waals surface area contributed by atoms with Gasteiger partial charge in [-0.05, 0) is 37.2 Å². The van der Waals surface area contributed by atoms with Gasteiger partial charge in [0.05, 0.1) is 23.1 Å². The van der Waals surface area contributed by atoms with E-state index in [1.165, 1.54) is 6.33 Å². The van der Waals surface area contributed by atoms with Crippen molar-refractivity contribution in [1.82, 2.24) is 19.7 Å². The zero-order chi connectivity index (χ0) is 19.2. The summed E-state index contributed by atoms with van der Waals surface area (Å²) in [5, 5.41) is 10.1. The number of nitrogens with one attached hydrogen (secondary N) is 2. The number of hydrogen-bond donors (Lipinski definition) is 2. The average Bonchev–Trinajstić information content (AvgIpc) is 3.05. The molecule has 2 saturated carbocycles. The first-order valence-corrected chi connectivity index (χ1v) is 10.9. The van der Waals surface area contributed by atoms with E-state index >= 15 is 0 Å². The molecule has 144 valence electrons. The van der Waals surface area contributed by atoms with Crippen molar-refractivity contribution in [1.29, 1.82) is 5.26 Å². The first-order valence-electron chi connectivity index (χ1n) is 9.22. The highest BCUT2D eigenvalue weighted by atomic mass is 32.2. The summed E-state index contributed by atoms with van der Waals surface area (Å²) in [4.78, 5) is 13.8. The molecule has 0 radical (unpaired) electrons. The second-order valence-corrected chi connectivity index (χ2v) is 9.88. The smallest absolute Gasteiger partial charge is 0.212 e. The van der Waals surface area contributed by atoms with Gasteiger partial charge in [-0.1, -0.05) is 6.92 Å². The van der Waals surface area contributed by atoms with Gasteiger partial charge >= 0.3 is 0 Å². The zero-order valence-corrected chi connectivity index (χ0v) is 16.3. The molecule has 1 unspecified atom stereocenters. The van der Waals surface area contributed by atoms with Crippen LogP contribution in [0, 0.1) is 22.7 Å². The average molecular weight is 388 g/mol. The van der Waals surface area contributed by atoms with E-state index in [0.717, 1.165) is 42.5 Å². The highest BCUT2D eigenvalue weighted by Gasteiger charge is 2.47. The van der Waals surface area contributed by atoms with Gasteiger partial charge in [-0.3, -0.25) is 0 Å². The molecule has 2 aliphatic carbocycles. The fourth-order valence-corrected chi connectivity index (χ4v) is 6.21. The van der Waals surface area contributed by atoms with Gasteiger partial charge in [-0.25, -0.2) is 23.1 Å². The number of nitrogens with zero attached hydrogens (tertiary/aromatic N) is 4. The molecule has 27 heavy (non-hydrogen) atoms. The van der Waals surface area contributed by atoms with Gasteiger partial charge in [0.1, 0.15) is 17.8 Å². The molecule has 0 aromatic carbocycles. The van der Waals surface area contributed by atoms with Crippen LogP contribution in [0.4, 0.5) is 5.82 Å². The molecule has 2 aromatic heterocycles. The molecule has 8 nitrogen and oxygen atoms in total. The van der Waals surface area contributed by atoms with Gasteiger partial charge in [0, 0.05) is 25.3 Å². The highest BCUT2D eigenvalue weighted by molar-refractivity contribution is 7.89. The molecular weight excluding hydrogens is 364 g/mol. The first kappa shape index (κ1) is 18.2. The number of rotatable bonds is 6. The Bertz CT molecular complexity index is 991. The molecule has 4 rings (SSSR count). The normalized spacial score (nSPS) is 30.3. The third-order valence-electron chi connectivity index (χ3n) is 6.20. The van der Waals surface area contributed by atoms with Crippen LogP contribution < -0.4 is 9.62 Å². The molecule has 0 saturated heterocycles. The van der Waals surface area contributed by atoms with Gasteiger partial charge in [-0.15, -0.1) is 0 Å². The lowest BCUT2D eigenvalue weighted by atomic mass is 9.63. The Hall–Kier alpha value is -2.18. The van der Waals surface area contributed by atoms with Crippen molar-refractivity contribution in [3.63, 3.8) is 0 Å². The lowest BCUT2D eigenvalue weighted by molar-refractivity contribution is 0.123. The molecule has 0 spiro atoms. The summed E-state index contributed by atoms with van der Waals surface area (Å²) in [5.41, 5.74) is 0.380. The van der Waals surface area contributed by atoms with Gasteiger partial charge in [-0.2, -0.15) is 5.26 Å². The van der Waals surface area contributed by atoms with E-state index < -0.39 is 15.4 Å². The van der Waals surface area contributed by atoms with Crippen LogP contribution in [0.25, 0.3) is 11.0 Å². The summed E-state index contributed by atoms with van der Waals surface area (Å²) < 4.78 is 27.9. The molecule has 2 N–H and O–H groups in total. The lowest BCUT2D eigenvalue weighted by Gasteiger charge is -2.45. The maximum atomic E-state index is 12.5. The highest BCUT2D eigenvalue weighted by Crippen LogP contribution is 2.47. The van der Waals surface area contributed by atoms with Crippen LogP contribution in [0.3, 0.4) is 0 Å². The predicted octanol–water partition coefficient (Wildman–Crippen LogP) is 1.78. The minimum absolute atomic E-state index is 0.0329. The molecule has 0 aliphatic heterocycles. The Labute approximate surface area is 159 Å². The van der Waals surface area contributed by atoms with E-state index in [1.54, 1.807) is 0 Å². The van der Waals surface area contributed by atoms with E-state index in [2.05, 4.69) is 30.6 Å². The molecular formula is C18H24N6O2S. The van der Waals surface area contributed by atoms with Gasteiger partial charge < -0.3 is 9.88 Å². The van der Waals surface area contributed by atoms with Crippen LogP contribution in [-0.2, 0) is 10.0 Å². The van der Waals surface area contributed by atoms with Crippen molar-refractivity contribution in [3.05, 3.63) is 18.6 Å². The van der Waals surface area contributed by atoms with E-state index in [-0.39, 0.29) is 23.8 Å². The van der Waals surface area contributed by atoms with E-state index in [1.807, 2.05) is 26.2 Å². The Morgan fingerprint density at radius 1 is 1.44 bits per heavy atom. The summed E-state index contributed by atoms with van der Waals surface area (Å²) in [6.07, 6.45) is 6.44. The van der Waals surface area contributed by atoms with Crippen molar-refractivity contribution in [2.45, 2.75) is 44.7 Å². The maximum Gasteiger partial charge on any atom is 0.212 e. The number of anilines is 1. The van der Waals surface area contributed by atoms with Gasteiger partial charge in [0.25, 0.3) is 0 Å². The molecule has 2 aliphatic rings. The number of sulfonamides is 1. The Balaban J connectivity index is 1.35. The monoisotopic (exact) mass is 388 g/mol. The second kappa shape index (κ2) is 6.46. The Morgan fingerprint density at radius 2 is 2.22 bits per heavy atom. The van der Waals surface area contributed by atoms with E-state index in [9.17, 15) is 8.42 Å². The zero-order valence-electron chi connectivity index (χ0n) is 15.5. The number of aromatic nitrogens is 3. The maximum absolute atomic E-state index is 12.5. The van der Waals surface area contributed by atoms with Crippen LogP contribution in [0.2, 0.25) is 0 Å². The minimum atomic E-state index is -3.39. The van der Waals surface area contributed by atoms with Gasteiger partial charge in [0.2, 0.25) is 10.0 Å². The third-order valence-corrected chi connectivity index (χ3v) is 7.93. The Kier molecular flexibility index (Phi) is 4.35. The summed E-state index contributed by atoms with van der Waals surface area (Å²) in [6.45, 7) is 1.90. The third kappa shape index (κ3) is 3.28. The van der Waals surface area contributed by atoms with Crippen LogP contribution >= 0.6 is 0 Å². The van der Waals surface area contributed by atoms with Crippen molar-refractivity contribution >= 4 is 26.9 Å². The van der Waals surface area contributed by atoms with Gasteiger partial charge in [0.15, 0.2) is 0 Å². The van der Waals surface area contributed by atoms with Crippen molar-refractivity contribution < 1.29 is 8.42 Å². The quantitative estimate of drug-likeness (QED) is 0.779. The lowest BCUT2D eigenvalue weighted by Crippen LogP contribution is -2.55. The van der Waals surface area contributed by atoms with E-state index in [0.29, 0.717) is 0 Å². The molecule has 0 bridgehead atoms. The number of hydrogen-bond acceptors (Lipinski definition) is 6. The molecule has 0 amide bonds.